The van der Waals surface area contributed by atoms with Gasteiger partial charge < -0.3 is 11.1 Å². The summed E-state index contributed by atoms with van der Waals surface area (Å²) >= 11 is 1.70. The number of carbonyl (C=O) groups excluding carboxylic acids is 1. The Kier molecular flexibility index (Phi) is 5.37. The second kappa shape index (κ2) is 7.04. The van der Waals surface area contributed by atoms with Gasteiger partial charge in [0, 0.05) is 18.4 Å². The summed E-state index contributed by atoms with van der Waals surface area (Å²) in [4.78, 5) is 19.9. The molecular weight excluding hydrogens is 272 g/mol. The van der Waals surface area contributed by atoms with E-state index in [1.165, 1.54) is 0 Å². The van der Waals surface area contributed by atoms with E-state index in [0.717, 1.165) is 42.9 Å². The molecule has 1 fully saturated rings. The molecular formula is C14H22N4OS. The molecule has 0 aliphatic heterocycles. The first kappa shape index (κ1) is 15.3. The largest absolute Gasteiger partial charge is 0.368 e. The average Bonchev–Trinajstić information content (AvgIpc) is 3.23. The van der Waals surface area contributed by atoms with Crippen molar-refractivity contribution in [3.63, 3.8) is 0 Å². The van der Waals surface area contributed by atoms with E-state index < -0.39 is 5.54 Å². The first-order chi connectivity index (χ1) is 9.60. The highest BCUT2D eigenvalue weighted by molar-refractivity contribution is 7.99. The van der Waals surface area contributed by atoms with Crippen molar-refractivity contribution in [2.75, 3.05) is 5.75 Å². The van der Waals surface area contributed by atoms with Gasteiger partial charge in [-0.25, -0.2) is 4.98 Å². The molecule has 20 heavy (non-hydrogen) atoms. The Morgan fingerprint density at radius 3 is 2.90 bits per heavy atom. The number of nitrogens with two attached hydrogens (primary N) is 1. The van der Waals surface area contributed by atoms with Crippen LogP contribution in [0.4, 0.5) is 0 Å². The smallest absolute Gasteiger partial charge is 0.237 e. The van der Waals surface area contributed by atoms with Gasteiger partial charge in [0.2, 0.25) is 5.91 Å². The zero-order valence-corrected chi connectivity index (χ0v) is 12.7. The third-order valence-electron chi connectivity index (χ3n) is 3.50. The van der Waals surface area contributed by atoms with Gasteiger partial charge in [-0.1, -0.05) is 6.42 Å². The Bertz CT molecular complexity index is 438. The highest BCUT2D eigenvalue weighted by atomic mass is 32.2. The molecule has 1 saturated carbocycles. The topological polar surface area (TPSA) is 80.9 Å². The van der Waals surface area contributed by atoms with Crippen molar-refractivity contribution < 1.29 is 4.79 Å². The molecule has 5 nitrogen and oxygen atoms in total. The highest BCUT2D eigenvalue weighted by Crippen LogP contribution is 2.25. The minimum absolute atomic E-state index is 0.244. The molecule has 2 rings (SSSR count). The summed E-state index contributed by atoms with van der Waals surface area (Å²) < 4.78 is 0. The average molecular weight is 294 g/mol. The van der Waals surface area contributed by atoms with Crippen LogP contribution in [0.15, 0.2) is 23.6 Å². The van der Waals surface area contributed by atoms with Crippen LogP contribution in [0.2, 0.25) is 0 Å². The van der Waals surface area contributed by atoms with Crippen LogP contribution in [0.1, 0.15) is 39.0 Å². The summed E-state index contributed by atoms with van der Waals surface area (Å²) in [6.07, 6.45) is 10.3. The molecule has 0 bridgehead atoms. The van der Waals surface area contributed by atoms with Gasteiger partial charge in [-0.05, 0) is 38.4 Å². The third kappa shape index (κ3) is 4.76. The summed E-state index contributed by atoms with van der Waals surface area (Å²) in [5, 5.41) is 4.32. The van der Waals surface area contributed by atoms with Crippen molar-refractivity contribution in [3.05, 3.63) is 18.6 Å². The van der Waals surface area contributed by atoms with Crippen LogP contribution in [-0.2, 0) is 4.79 Å². The predicted octanol–water partition coefficient (Wildman–Crippen LogP) is 1.73. The number of nitrogens with zero attached hydrogens (tertiary/aromatic N) is 2. The number of aromatic nitrogens is 2. The number of thioether (sulfide) groups is 1. The van der Waals surface area contributed by atoms with Crippen LogP contribution in [0.25, 0.3) is 0 Å². The van der Waals surface area contributed by atoms with Crippen LogP contribution in [-0.4, -0.2) is 33.2 Å². The fourth-order valence-corrected chi connectivity index (χ4v) is 2.89. The summed E-state index contributed by atoms with van der Waals surface area (Å²) in [5.41, 5.74) is 4.97. The van der Waals surface area contributed by atoms with Crippen molar-refractivity contribution in [1.82, 2.24) is 15.3 Å². The van der Waals surface area contributed by atoms with Crippen molar-refractivity contribution in [3.8, 4) is 0 Å². The molecule has 0 saturated heterocycles. The molecule has 1 aliphatic carbocycles. The molecule has 1 heterocycles. The van der Waals surface area contributed by atoms with Gasteiger partial charge in [-0.15, -0.1) is 11.8 Å². The third-order valence-corrected chi connectivity index (χ3v) is 4.50. The number of rotatable bonds is 9. The summed E-state index contributed by atoms with van der Waals surface area (Å²) in [5.74, 6) is 0.739. The van der Waals surface area contributed by atoms with Crippen LogP contribution in [0, 0.1) is 0 Å². The van der Waals surface area contributed by atoms with Crippen molar-refractivity contribution in [1.29, 1.82) is 0 Å². The van der Waals surface area contributed by atoms with Gasteiger partial charge in [0.1, 0.15) is 5.03 Å². The fraction of sp³-hybridized carbons (Fsp3) is 0.643. The first-order valence-corrected chi connectivity index (χ1v) is 8.05. The maximum Gasteiger partial charge on any atom is 0.237 e. The lowest BCUT2D eigenvalue weighted by Gasteiger charge is -2.27. The molecule has 1 aromatic rings. The van der Waals surface area contributed by atoms with Crippen molar-refractivity contribution >= 4 is 17.7 Å². The number of hydrogen-bond donors (Lipinski definition) is 2. The molecule has 1 amide bonds. The molecule has 1 aromatic heterocycles. The zero-order valence-electron chi connectivity index (χ0n) is 11.8. The van der Waals surface area contributed by atoms with Gasteiger partial charge in [0.15, 0.2) is 0 Å². The van der Waals surface area contributed by atoms with Gasteiger partial charge in [0.05, 0.1) is 11.7 Å². The molecule has 3 N–H and O–H groups in total. The van der Waals surface area contributed by atoms with E-state index in [2.05, 4.69) is 15.3 Å². The number of nitrogens with one attached hydrogen (secondary N) is 1. The second-order valence-corrected chi connectivity index (χ2v) is 6.58. The van der Waals surface area contributed by atoms with E-state index in [1.54, 1.807) is 30.4 Å². The summed E-state index contributed by atoms with van der Waals surface area (Å²) in [6, 6.07) is 0.487. The Balaban J connectivity index is 1.67. The Morgan fingerprint density at radius 2 is 2.30 bits per heavy atom. The quantitative estimate of drug-likeness (QED) is 0.535. The minimum atomic E-state index is -0.557. The lowest BCUT2D eigenvalue weighted by Crippen LogP contribution is -2.53. The maximum atomic E-state index is 11.6. The maximum absolute atomic E-state index is 11.6. The molecule has 0 radical (unpaired) electrons. The first-order valence-electron chi connectivity index (χ1n) is 7.06. The molecule has 0 spiro atoms. The zero-order chi connectivity index (χ0) is 14.4. The van der Waals surface area contributed by atoms with E-state index in [-0.39, 0.29) is 5.91 Å². The normalized spacial score (nSPS) is 17.6. The molecule has 1 unspecified atom stereocenters. The van der Waals surface area contributed by atoms with E-state index in [4.69, 9.17) is 5.73 Å². The van der Waals surface area contributed by atoms with E-state index in [1.807, 2.05) is 6.92 Å². The number of carbonyl (C=O) groups is 1. The van der Waals surface area contributed by atoms with Crippen LogP contribution in [0.3, 0.4) is 0 Å². The van der Waals surface area contributed by atoms with Crippen LogP contribution in [0.5, 0.6) is 0 Å². The lowest BCUT2D eigenvalue weighted by molar-refractivity contribution is -0.124. The number of hydrogen-bond acceptors (Lipinski definition) is 5. The highest BCUT2D eigenvalue weighted by Gasteiger charge is 2.36. The molecule has 1 atom stereocenters. The SMILES string of the molecule is CC(CCCCSc1cnccn1)(NC1CC1)C(N)=O. The molecule has 1 aliphatic rings. The Morgan fingerprint density at radius 1 is 1.50 bits per heavy atom. The fourth-order valence-electron chi connectivity index (χ4n) is 2.06. The van der Waals surface area contributed by atoms with Crippen LogP contribution < -0.4 is 11.1 Å². The minimum Gasteiger partial charge on any atom is -0.368 e. The van der Waals surface area contributed by atoms with Crippen molar-refractivity contribution in [2.24, 2.45) is 5.73 Å². The molecule has 110 valence electrons. The monoisotopic (exact) mass is 294 g/mol. The Hall–Kier alpha value is -1.14. The standard InChI is InChI=1S/C14H22N4OS/c1-14(13(15)19,18-11-4-5-11)6-2-3-9-20-12-10-16-7-8-17-12/h7-8,10-11,18H,2-6,9H2,1H3,(H2,15,19). The summed E-state index contributed by atoms with van der Waals surface area (Å²) in [7, 11) is 0. The number of unbranched alkanes of at least 4 members (excludes halogenated alkanes) is 1. The van der Waals surface area contributed by atoms with E-state index in [0.29, 0.717) is 6.04 Å². The van der Waals surface area contributed by atoms with E-state index in [9.17, 15) is 4.79 Å². The van der Waals surface area contributed by atoms with Gasteiger partial charge in [-0.2, -0.15) is 0 Å². The summed E-state index contributed by atoms with van der Waals surface area (Å²) in [6.45, 7) is 1.92. The number of amides is 1. The van der Waals surface area contributed by atoms with E-state index >= 15 is 0 Å². The Labute approximate surface area is 124 Å². The number of primary amides is 1. The second-order valence-electron chi connectivity index (χ2n) is 5.46. The predicted molar refractivity (Wildman–Crippen MR) is 80.4 cm³/mol. The van der Waals surface area contributed by atoms with Gasteiger partial charge in [-0.3, -0.25) is 9.78 Å². The van der Waals surface area contributed by atoms with Crippen LogP contribution >= 0.6 is 11.8 Å². The van der Waals surface area contributed by atoms with Gasteiger partial charge in [0.25, 0.3) is 0 Å². The lowest BCUT2D eigenvalue weighted by atomic mass is 9.94. The van der Waals surface area contributed by atoms with Gasteiger partial charge >= 0.3 is 0 Å². The molecule has 6 heteroatoms. The van der Waals surface area contributed by atoms with Crippen molar-refractivity contribution in [2.45, 2.75) is 55.6 Å². The molecule has 0 aromatic carbocycles.